The molecule has 0 bridgehead atoms. The molecule has 1 aliphatic carbocycles. The average Bonchev–Trinajstić information content (AvgIpc) is 3.02. The summed E-state index contributed by atoms with van der Waals surface area (Å²) in [5.41, 5.74) is 2.30. The molecule has 1 N–H and O–H groups in total. The van der Waals surface area contributed by atoms with Crippen molar-refractivity contribution in [3.8, 4) is 5.75 Å². The predicted molar refractivity (Wildman–Crippen MR) is 95.9 cm³/mol. The molecule has 4 aliphatic rings. The van der Waals surface area contributed by atoms with E-state index in [1.807, 2.05) is 0 Å². The maximum atomic E-state index is 9.75. The van der Waals surface area contributed by atoms with Crippen LogP contribution in [0.1, 0.15) is 44.1 Å². The van der Waals surface area contributed by atoms with Crippen LogP contribution in [-0.2, 0) is 11.3 Å². The Kier molecular flexibility index (Phi) is 3.91. The highest BCUT2D eigenvalue weighted by Gasteiger charge is 2.42. The summed E-state index contributed by atoms with van der Waals surface area (Å²) >= 11 is 0. The molecule has 1 spiro atoms. The van der Waals surface area contributed by atoms with Gasteiger partial charge in [-0.05, 0) is 37.5 Å². The van der Waals surface area contributed by atoms with E-state index < -0.39 is 5.79 Å². The molecule has 3 aliphatic heterocycles. The van der Waals surface area contributed by atoms with Crippen molar-refractivity contribution in [3.63, 3.8) is 0 Å². The molecule has 0 amide bonds. The number of benzene rings is 1. The summed E-state index contributed by atoms with van der Waals surface area (Å²) in [4.78, 5) is 4.87. The minimum atomic E-state index is -0.418. The number of hydrogen-bond acceptors (Lipinski definition) is 5. The SMILES string of the molecule is O[C@@H]1CCN(c2ccc3c(c2)COC2(CCN(C4CCC4)CC2)O3)C1. The lowest BCUT2D eigenvalue weighted by Gasteiger charge is -2.47. The molecule has 1 saturated carbocycles. The zero-order valence-electron chi connectivity index (χ0n) is 14.8. The summed E-state index contributed by atoms with van der Waals surface area (Å²) in [6.45, 7) is 4.44. The van der Waals surface area contributed by atoms with Crippen LogP contribution in [0.3, 0.4) is 0 Å². The molecule has 2 saturated heterocycles. The fraction of sp³-hybridized carbons (Fsp3) is 0.700. The van der Waals surface area contributed by atoms with Crippen molar-refractivity contribution < 1.29 is 14.6 Å². The Hall–Kier alpha value is -1.30. The van der Waals surface area contributed by atoms with Gasteiger partial charge in [-0.2, -0.15) is 0 Å². The van der Waals surface area contributed by atoms with Gasteiger partial charge < -0.3 is 19.5 Å². The van der Waals surface area contributed by atoms with Crippen molar-refractivity contribution in [1.82, 2.24) is 4.90 Å². The van der Waals surface area contributed by atoms with Crippen LogP contribution in [0.2, 0.25) is 0 Å². The smallest absolute Gasteiger partial charge is 0.213 e. The number of ether oxygens (including phenoxy) is 2. The highest BCUT2D eigenvalue weighted by atomic mass is 16.7. The summed E-state index contributed by atoms with van der Waals surface area (Å²) in [5.74, 6) is 0.561. The molecule has 25 heavy (non-hydrogen) atoms. The molecule has 3 fully saturated rings. The minimum Gasteiger partial charge on any atom is -0.462 e. The number of hydrogen-bond donors (Lipinski definition) is 1. The first kappa shape index (κ1) is 15.9. The molecule has 0 radical (unpaired) electrons. The molecule has 0 unspecified atom stereocenters. The van der Waals surface area contributed by atoms with E-state index in [1.165, 1.54) is 24.9 Å². The van der Waals surface area contributed by atoms with Gasteiger partial charge in [0.1, 0.15) is 5.75 Å². The van der Waals surface area contributed by atoms with Crippen LogP contribution in [0.4, 0.5) is 5.69 Å². The Morgan fingerprint density at radius 3 is 2.60 bits per heavy atom. The number of aliphatic hydroxyl groups excluding tert-OH is 1. The summed E-state index contributed by atoms with van der Waals surface area (Å²) in [6, 6.07) is 7.20. The second-order valence-corrected chi connectivity index (χ2v) is 8.10. The fourth-order valence-electron chi connectivity index (χ4n) is 4.62. The third-order valence-corrected chi connectivity index (χ3v) is 6.51. The molecule has 1 aromatic rings. The molecule has 5 heteroatoms. The lowest BCUT2D eigenvalue weighted by atomic mass is 9.89. The highest BCUT2D eigenvalue weighted by molar-refractivity contribution is 5.54. The number of nitrogens with zero attached hydrogens (tertiary/aromatic N) is 2. The van der Waals surface area contributed by atoms with Gasteiger partial charge in [0.05, 0.1) is 12.7 Å². The van der Waals surface area contributed by atoms with Crippen molar-refractivity contribution in [1.29, 1.82) is 0 Å². The van der Waals surface area contributed by atoms with Gasteiger partial charge in [-0.1, -0.05) is 6.42 Å². The van der Waals surface area contributed by atoms with E-state index in [1.54, 1.807) is 0 Å². The second-order valence-electron chi connectivity index (χ2n) is 8.10. The van der Waals surface area contributed by atoms with E-state index in [4.69, 9.17) is 9.47 Å². The molecule has 3 heterocycles. The average molecular weight is 344 g/mol. The fourth-order valence-corrected chi connectivity index (χ4v) is 4.62. The van der Waals surface area contributed by atoms with Crippen molar-refractivity contribution in [2.75, 3.05) is 31.1 Å². The van der Waals surface area contributed by atoms with Crippen LogP contribution in [0.25, 0.3) is 0 Å². The summed E-state index contributed by atoms with van der Waals surface area (Å²) in [6.07, 6.45) is 6.70. The van der Waals surface area contributed by atoms with E-state index in [-0.39, 0.29) is 6.10 Å². The maximum Gasteiger partial charge on any atom is 0.213 e. The number of aliphatic hydroxyl groups is 1. The largest absolute Gasteiger partial charge is 0.462 e. The van der Waals surface area contributed by atoms with E-state index in [0.717, 1.165) is 62.8 Å². The lowest BCUT2D eigenvalue weighted by molar-refractivity contribution is -0.231. The Morgan fingerprint density at radius 1 is 1.08 bits per heavy atom. The zero-order valence-corrected chi connectivity index (χ0v) is 14.8. The Morgan fingerprint density at radius 2 is 1.92 bits per heavy atom. The van der Waals surface area contributed by atoms with Crippen molar-refractivity contribution in [3.05, 3.63) is 23.8 Å². The number of anilines is 1. The van der Waals surface area contributed by atoms with E-state index in [0.29, 0.717) is 6.61 Å². The number of fused-ring (bicyclic) bond motifs is 1. The van der Waals surface area contributed by atoms with Gasteiger partial charge in [0, 0.05) is 56.3 Å². The van der Waals surface area contributed by atoms with Gasteiger partial charge in [0.15, 0.2) is 0 Å². The first-order valence-electron chi connectivity index (χ1n) is 9.84. The Balaban J connectivity index is 1.27. The van der Waals surface area contributed by atoms with Crippen molar-refractivity contribution in [2.24, 2.45) is 0 Å². The van der Waals surface area contributed by atoms with E-state index in [2.05, 4.69) is 28.0 Å². The van der Waals surface area contributed by atoms with Crippen LogP contribution in [0.15, 0.2) is 18.2 Å². The molecule has 1 atom stereocenters. The standard InChI is InChI=1S/C20H28N2O3/c23-18-6-9-22(13-18)17-4-5-19-15(12-17)14-24-20(25-19)7-10-21(11-8-20)16-2-1-3-16/h4-5,12,16,18,23H,1-3,6-11,13-14H2/t18-/m1/s1. The van der Waals surface area contributed by atoms with Gasteiger partial charge in [-0.3, -0.25) is 4.90 Å². The third-order valence-electron chi connectivity index (χ3n) is 6.51. The normalized spacial score (nSPS) is 29.3. The summed E-state index contributed by atoms with van der Waals surface area (Å²) in [5, 5.41) is 9.75. The molecular formula is C20H28N2O3. The topological polar surface area (TPSA) is 45.2 Å². The predicted octanol–water partition coefficient (Wildman–Crippen LogP) is 2.51. The molecule has 5 nitrogen and oxygen atoms in total. The summed E-state index contributed by atoms with van der Waals surface area (Å²) in [7, 11) is 0. The van der Waals surface area contributed by atoms with Gasteiger partial charge in [-0.15, -0.1) is 0 Å². The lowest BCUT2D eigenvalue weighted by Crippen LogP contribution is -2.54. The Bertz CT molecular complexity index is 638. The van der Waals surface area contributed by atoms with Gasteiger partial charge in [0.2, 0.25) is 5.79 Å². The zero-order chi connectivity index (χ0) is 16.9. The Labute approximate surface area is 149 Å². The van der Waals surface area contributed by atoms with E-state index in [9.17, 15) is 5.11 Å². The van der Waals surface area contributed by atoms with Crippen molar-refractivity contribution >= 4 is 5.69 Å². The maximum absolute atomic E-state index is 9.75. The monoisotopic (exact) mass is 344 g/mol. The van der Waals surface area contributed by atoms with Crippen LogP contribution < -0.4 is 9.64 Å². The number of β-amino-alcohol motifs (C(OH)–C–C–N with tert-alkyl or cyclic N) is 1. The van der Waals surface area contributed by atoms with Crippen LogP contribution in [0, 0.1) is 0 Å². The molecule has 1 aromatic carbocycles. The first-order valence-corrected chi connectivity index (χ1v) is 9.84. The van der Waals surface area contributed by atoms with Crippen LogP contribution in [-0.4, -0.2) is 54.1 Å². The molecule has 0 aromatic heterocycles. The van der Waals surface area contributed by atoms with Gasteiger partial charge >= 0.3 is 0 Å². The second kappa shape index (κ2) is 6.15. The highest BCUT2D eigenvalue weighted by Crippen LogP contribution is 2.40. The van der Waals surface area contributed by atoms with Gasteiger partial charge in [0.25, 0.3) is 0 Å². The minimum absolute atomic E-state index is 0.201. The van der Waals surface area contributed by atoms with Crippen molar-refractivity contribution in [2.45, 2.75) is 63.1 Å². The number of piperidine rings is 1. The van der Waals surface area contributed by atoms with Gasteiger partial charge in [-0.25, -0.2) is 0 Å². The van der Waals surface area contributed by atoms with Crippen LogP contribution >= 0.6 is 0 Å². The third kappa shape index (κ3) is 2.92. The molecular weight excluding hydrogens is 316 g/mol. The first-order chi connectivity index (χ1) is 12.2. The molecule has 136 valence electrons. The van der Waals surface area contributed by atoms with Crippen LogP contribution in [0.5, 0.6) is 5.75 Å². The number of rotatable bonds is 2. The summed E-state index contributed by atoms with van der Waals surface area (Å²) < 4.78 is 12.6. The quantitative estimate of drug-likeness (QED) is 0.893. The van der Waals surface area contributed by atoms with E-state index >= 15 is 0 Å². The number of likely N-dealkylation sites (tertiary alicyclic amines) is 1. The molecule has 5 rings (SSSR count).